The maximum Gasteiger partial charge on any atom is 0.127 e. The quantitative estimate of drug-likeness (QED) is 0.348. The van der Waals surface area contributed by atoms with E-state index in [0.717, 1.165) is 67.7 Å². The van der Waals surface area contributed by atoms with Gasteiger partial charge in [-0.15, -0.1) is 0 Å². The van der Waals surface area contributed by atoms with Crippen molar-refractivity contribution in [1.82, 2.24) is 15.3 Å². The minimum Gasteiger partial charge on any atom is -0.383 e. The molecule has 0 bridgehead atoms. The molecule has 1 saturated heterocycles. The molecule has 0 spiro atoms. The summed E-state index contributed by atoms with van der Waals surface area (Å²) in [6, 6.07) is 23.3. The fourth-order valence-corrected chi connectivity index (χ4v) is 5.35. The topological polar surface area (TPSA) is 73.1 Å². The van der Waals surface area contributed by atoms with Crippen LogP contribution in [0, 0.1) is 5.92 Å². The molecular formula is C28H30N4OS. The van der Waals surface area contributed by atoms with E-state index in [1.54, 1.807) is 11.8 Å². The third-order valence-electron chi connectivity index (χ3n) is 6.24. The lowest BCUT2D eigenvalue weighted by atomic mass is 9.92. The number of hydrogen-bond acceptors (Lipinski definition) is 6. The minimum absolute atomic E-state index is 0.627. The van der Waals surface area contributed by atoms with Gasteiger partial charge in [-0.3, -0.25) is 4.98 Å². The Kier molecular flexibility index (Phi) is 7.39. The number of benzene rings is 2. The molecule has 0 unspecified atom stereocenters. The second kappa shape index (κ2) is 11.0. The monoisotopic (exact) mass is 470 g/mol. The lowest BCUT2D eigenvalue weighted by molar-refractivity contribution is 0.0666. The average molecular weight is 471 g/mol. The molecule has 1 aliphatic heterocycles. The van der Waals surface area contributed by atoms with Crippen LogP contribution in [0.25, 0.3) is 10.9 Å². The van der Waals surface area contributed by atoms with Gasteiger partial charge in [0.25, 0.3) is 0 Å². The third-order valence-corrected chi connectivity index (χ3v) is 7.22. The molecule has 5 nitrogen and oxygen atoms in total. The molecule has 3 N–H and O–H groups in total. The molecule has 6 heteroatoms. The van der Waals surface area contributed by atoms with E-state index in [-0.39, 0.29) is 0 Å². The number of hydrogen-bond donors (Lipinski definition) is 2. The molecule has 1 fully saturated rings. The van der Waals surface area contributed by atoms with Gasteiger partial charge in [-0.1, -0.05) is 30.0 Å². The summed E-state index contributed by atoms with van der Waals surface area (Å²) in [5.41, 5.74) is 10.7. The van der Waals surface area contributed by atoms with Crippen molar-refractivity contribution in [2.45, 2.75) is 42.1 Å². The summed E-state index contributed by atoms with van der Waals surface area (Å²) in [6.45, 7) is 3.27. The van der Waals surface area contributed by atoms with E-state index < -0.39 is 0 Å². The van der Waals surface area contributed by atoms with E-state index in [0.29, 0.717) is 11.7 Å². The summed E-state index contributed by atoms with van der Waals surface area (Å²) in [7, 11) is 0. The largest absolute Gasteiger partial charge is 0.383 e. The molecule has 0 radical (unpaired) electrons. The van der Waals surface area contributed by atoms with E-state index in [2.05, 4.69) is 63.8 Å². The number of anilines is 1. The van der Waals surface area contributed by atoms with Crippen LogP contribution >= 0.6 is 11.8 Å². The molecule has 174 valence electrons. The van der Waals surface area contributed by atoms with Crippen molar-refractivity contribution >= 4 is 28.5 Å². The summed E-state index contributed by atoms with van der Waals surface area (Å²) in [5.74, 6) is 1.28. The highest BCUT2D eigenvalue weighted by Gasteiger charge is 2.16. The Morgan fingerprint density at radius 1 is 0.941 bits per heavy atom. The molecule has 5 rings (SSSR count). The number of nitrogens with two attached hydrogens (primary N) is 1. The first kappa shape index (κ1) is 22.8. The van der Waals surface area contributed by atoms with Gasteiger partial charge in [0, 0.05) is 47.7 Å². The zero-order valence-electron chi connectivity index (χ0n) is 19.2. The fourth-order valence-electron chi connectivity index (χ4n) is 4.39. The molecule has 0 saturated carbocycles. The Bertz CT molecular complexity index is 1240. The van der Waals surface area contributed by atoms with Gasteiger partial charge in [0.15, 0.2) is 0 Å². The molecule has 2 aromatic carbocycles. The van der Waals surface area contributed by atoms with Gasteiger partial charge >= 0.3 is 0 Å². The van der Waals surface area contributed by atoms with E-state index in [9.17, 15) is 0 Å². The lowest BCUT2D eigenvalue weighted by Crippen LogP contribution is -2.18. The highest BCUT2D eigenvalue weighted by atomic mass is 32.2. The first-order valence-electron chi connectivity index (χ1n) is 11.9. The van der Waals surface area contributed by atoms with Crippen molar-refractivity contribution < 1.29 is 4.74 Å². The van der Waals surface area contributed by atoms with Crippen LogP contribution in [0.3, 0.4) is 0 Å². The Balaban J connectivity index is 1.26. The number of ether oxygens (including phenoxy) is 1. The van der Waals surface area contributed by atoms with Crippen LogP contribution in [0.2, 0.25) is 0 Å². The minimum atomic E-state index is 0.627. The molecule has 2 aromatic heterocycles. The van der Waals surface area contributed by atoms with Crippen LogP contribution in [0.1, 0.15) is 29.7 Å². The lowest BCUT2D eigenvalue weighted by Gasteiger charge is -2.22. The van der Waals surface area contributed by atoms with Crippen LogP contribution in [-0.4, -0.2) is 23.2 Å². The Morgan fingerprint density at radius 3 is 2.68 bits per heavy atom. The summed E-state index contributed by atoms with van der Waals surface area (Å²) < 4.78 is 5.50. The number of nitrogen functional groups attached to an aromatic ring is 1. The number of aromatic nitrogens is 2. The second-order valence-corrected chi connectivity index (χ2v) is 9.97. The van der Waals surface area contributed by atoms with Crippen LogP contribution in [0.5, 0.6) is 0 Å². The summed E-state index contributed by atoms with van der Waals surface area (Å²) in [5, 5.41) is 4.63. The summed E-state index contributed by atoms with van der Waals surface area (Å²) in [4.78, 5) is 11.5. The van der Waals surface area contributed by atoms with Gasteiger partial charge < -0.3 is 15.8 Å². The van der Waals surface area contributed by atoms with Gasteiger partial charge in [-0.25, -0.2) is 4.98 Å². The Morgan fingerprint density at radius 2 is 1.82 bits per heavy atom. The molecule has 1 aliphatic rings. The summed E-state index contributed by atoms with van der Waals surface area (Å²) >= 11 is 1.78. The van der Waals surface area contributed by atoms with Crippen molar-refractivity contribution in [3.05, 3.63) is 89.7 Å². The highest BCUT2D eigenvalue weighted by molar-refractivity contribution is 7.99. The molecule has 4 aromatic rings. The standard InChI is InChI=1S/C28H30N4OS/c29-28-23(14-20-9-12-33-13-10-20)16-22-17-26(7-8-27(22)32-28)34-25-6-3-4-21(15-25)18-30-19-24-5-1-2-11-31-24/h1-8,11,15-17,20,30H,9-10,12-14,18-19H2,(H2,29,32). The first-order chi connectivity index (χ1) is 16.7. The zero-order valence-corrected chi connectivity index (χ0v) is 20.1. The zero-order chi connectivity index (χ0) is 23.2. The normalized spacial score (nSPS) is 14.5. The van der Waals surface area contributed by atoms with Crippen molar-refractivity contribution in [3.63, 3.8) is 0 Å². The van der Waals surface area contributed by atoms with Crippen molar-refractivity contribution in [1.29, 1.82) is 0 Å². The maximum absolute atomic E-state index is 6.30. The van der Waals surface area contributed by atoms with Gasteiger partial charge in [-0.2, -0.15) is 0 Å². The molecule has 3 heterocycles. The van der Waals surface area contributed by atoms with Gasteiger partial charge in [0.05, 0.1) is 11.2 Å². The molecule has 0 atom stereocenters. The number of pyridine rings is 2. The SMILES string of the molecule is Nc1nc2ccc(Sc3cccc(CNCc4ccccn4)c3)cc2cc1CC1CCOCC1. The smallest absolute Gasteiger partial charge is 0.127 e. The summed E-state index contributed by atoms with van der Waals surface area (Å²) in [6.07, 6.45) is 5.00. The van der Waals surface area contributed by atoms with Crippen molar-refractivity contribution in [2.75, 3.05) is 18.9 Å². The predicted molar refractivity (Wildman–Crippen MR) is 139 cm³/mol. The number of rotatable bonds is 8. The molecule has 0 aliphatic carbocycles. The molecular weight excluding hydrogens is 440 g/mol. The fraction of sp³-hybridized carbons (Fsp3) is 0.286. The second-order valence-electron chi connectivity index (χ2n) is 8.82. The maximum atomic E-state index is 6.30. The van der Waals surface area contributed by atoms with Crippen LogP contribution in [0.15, 0.2) is 82.7 Å². The van der Waals surface area contributed by atoms with Crippen molar-refractivity contribution in [2.24, 2.45) is 5.92 Å². The molecule has 34 heavy (non-hydrogen) atoms. The van der Waals surface area contributed by atoms with E-state index >= 15 is 0 Å². The predicted octanol–water partition coefficient (Wildman–Crippen LogP) is 5.62. The molecule has 0 amide bonds. The van der Waals surface area contributed by atoms with Crippen LogP contribution < -0.4 is 11.1 Å². The number of nitrogens with one attached hydrogen (secondary N) is 1. The highest BCUT2D eigenvalue weighted by Crippen LogP contribution is 2.32. The average Bonchev–Trinajstić information content (AvgIpc) is 2.86. The van der Waals surface area contributed by atoms with E-state index in [4.69, 9.17) is 10.5 Å². The van der Waals surface area contributed by atoms with Gasteiger partial charge in [-0.05, 0) is 84.8 Å². The van der Waals surface area contributed by atoms with Crippen LogP contribution in [-0.2, 0) is 24.2 Å². The Labute approximate surface area is 205 Å². The Hall–Kier alpha value is -2.93. The number of nitrogens with zero attached hydrogens (tertiary/aromatic N) is 2. The third kappa shape index (κ3) is 5.95. The van der Waals surface area contributed by atoms with Gasteiger partial charge in [0.1, 0.15) is 5.82 Å². The van der Waals surface area contributed by atoms with E-state index in [1.165, 1.54) is 15.4 Å². The van der Waals surface area contributed by atoms with Crippen LogP contribution in [0.4, 0.5) is 5.82 Å². The number of fused-ring (bicyclic) bond motifs is 1. The van der Waals surface area contributed by atoms with E-state index in [1.807, 2.05) is 24.4 Å². The van der Waals surface area contributed by atoms with Gasteiger partial charge in [0.2, 0.25) is 0 Å². The first-order valence-corrected chi connectivity index (χ1v) is 12.7. The van der Waals surface area contributed by atoms with Crippen molar-refractivity contribution in [3.8, 4) is 0 Å².